The fraction of sp³-hybridized carbons (Fsp3) is 0.833. The molecule has 1 N–H and O–H groups in total. The molecule has 0 aromatic rings. The predicted octanol–water partition coefficient (Wildman–Crippen LogP) is 1.84. The second-order valence-electron chi connectivity index (χ2n) is 4.78. The number of amides is 1. The SMILES string of the molecule is CSCCN(C)C(=O)CC1(C(=O)O)CCCC1. The third-order valence-electron chi connectivity index (χ3n) is 3.56. The van der Waals surface area contributed by atoms with Crippen molar-refractivity contribution < 1.29 is 14.7 Å². The molecule has 5 heteroatoms. The van der Waals surface area contributed by atoms with Crippen LogP contribution in [0.3, 0.4) is 0 Å². The minimum atomic E-state index is -0.804. The summed E-state index contributed by atoms with van der Waals surface area (Å²) in [5, 5.41) is 9.30. The molecule has 1 fully saturated rings. The van der Waals surface area contributed by atoms with Gasteiger partial charge in [-0.1, -0.05) is 12.8 Å². The van der Waals surface area contributed by atoms with Gasteiger partial charge in [0.15, 0.2) is 0 Å². The van der Waals surface area contributed by atoms with Crippen LogP contribution in [0.2, 0.25) is 0 Å². The third-order valence-corrected chi connectivity index (χ3v) is 4.15. The molecule has 1 aliphatic rings. The Morgan fingerprint density at radius 3 is 2.41 bits per heavy atom. The summed E-state index contributed by atoms with van der Waals surface area (Å²) in [4.78, 5) is 24.9. The minimum absolute atomic E-state index is 0.0386. The fourth-order valence-electron chi connectivity index (χ4n) is 2.30. The lowest BCUT2D eigenvalue weighted by molar-refractivity contribution is -0.153. The second-order valence-corrected chi connectivity index (χ2v) is 5.76. The Morgan fingerprint density at radius 2 is 1.94 bits per heavy atom. The van der Waals surface area contributed by atoms with E-state index < -0.39 is 11.4 Å². The molecule has 1 rings (SSSR count). The van der Waals surface area contributed by atoms with Crippen LogP contribution in [0.15, 0.2) is 0 Å². The van der Waals surface area contributed by atoms with E-state index in [-0.39, 0.29) is 12.3 Å². The number of carboxylic acids is 1. The quantitative estimate of drug-likeness (QED) is 0.791. The lowest BCUT2D eigenvalue weighted by Gasteiger charge is -2.26. The summed E-state index contributed by atoms with van der Waals surface area (Å²) in [6, 6.07) is 0. The van der Waals surface area contributed by atoms with Gasteiger partial charge < -0.3 is 10.0 Å². The van der Waals surface area contributed by atoms with Crippen molar-refractivity contribution >= 4 is 23.6 Å². The molecule has 0 radical (unpaired) electrons. The Kier molecular flexibility index (Phi) is 5.31. The molecule has 0 aromatic carbocycles. The number of aliphatic carboxylic acids is 1. The van der Waals surface area contributed by atoms with Crippen LogP contribution in [0, 0.1) is 5.41 Å². The first-order valence-electron chi connectivity index (χ1n) is 5.98. The number of hydrogen-bond acceptors (Lipinski definition) is 3. The molecule has 17 heavy (non-hydrogen) atoms. The van der Waals surface area contributed by atoms with E-state index in [0.29, 0.717) is 19.4 Å². The monoisotopic (exact) mass is 259 g/mol. The highest BCUT2D eigenvalue weighted by atomic mass is 32.2. The van der Waals surface area contributed by atoms with E-state index in [1.807, 2.05) is 6.26 Å². The van der Waals surface area contributed by atoms with E-state index in [0.717, 1.165) is 18.6 Å². The van der Waals surface area contributed by atoms with Gasteiger partial charge in [0.1, 0.15) is 0 Å². The van der Waals surface area contributed by atoms with Crippen LogP contribution in [0.5, 0.6) is 0 Å². The molecule has 98 valence electrons. The molecular weight excluding hydrogens is 238 g/mol. The van der Waals surface area contributed by atoms with E-state index in [1.54, 1.807) is 23.7 Å². The number of nitrogens with zero attached hydrogens (tertiary/aromatic N) is 1. The second kappa shape index (κ2) is 6.28. The van der Waals surface area contributed by atoms with Gasteiger partial charge in [-0.15, -0.1) is 0 Å². The third kappa shape index (κ3) is 3.63. The summed E-state index contributed by atoms with van der Waals surface area (Å²) < 4.78 is 0. The molecule has 0 aliphatic heterocycles. The van der Waals surface area contributed by atoms with Crippen molar-refractivity contribution in [1.29, 1.82) is 0 Å². The van der Waals surface area contributed by atoms with Gasteiger partial charge in [-0.05, 0) is 19.1 Å². The van der Waals surface area contributed by atoms with Gasteiger partial charge in [0.05, 0.1) is 5.41 Å². The number of carbonyl (C=O) groups is 2. The number of rotatable bonds is 6. The molecule has 0 bridgehead atoms. The topological polar surface area (TPSA) is 57.6 Å². The van der Waals surface area contributed by atoms with Gasteiger partial charge in [0.25, 0.3) is 0 Å². The molecule has 0 aromatic heterocycles. The first-order valence-corrected chi connectivity index (χ1v) is 7.37. The molecule has 0 atom stereocenters. The van der Waals surface area contributed by atoms with Gasteiger partial charge in [-0.3, -0.25) is 9.59 Å². The minimum Gasteiger partial charge on any atom is -0.481 e. The highest BCUT2D eigenvalue weighted by Gasteiger charge is 2.43. The van der Waals surface area contributed by atoms with Gasteiger partial charge in [-0.25, -0.2) is 0 Å². The Balaban J connectivity index is 2.56. The van der Waals surface area contributed by atoms with Crippen LogP contribution in [-0.2, 0) is 9.59 Å². The van der Waals surface area contributed by atoms with Crippen molar-refractivity contribution in [3.63, 3.8) is 0 Å². The van der Waals surface area contributed by atoms with Gasteiger partial charge in [0, 0.05) is 25.8 Å². The Labute approximate surface area is 107 Å². The van der Waals surface area contributed by atoms with E-state index in [4.69, 9.17) is 0 Å². The van der Waals surface area contributed by atoms with Crippen molar-refractivity contribution in [3.8, 4) is 0 Å². The summed E-state index contributed by atoms with van der Waals surface area (Å²) in [5.41, 5.74) is -0.787. The fourth-order valence-corrected chi connectivity index (χ4v) is 2.75. The average Bonchev–Trinajstić information content (AvgIpc) is 2.75. The molecule has 0 heterocycles. The molecule has 1 saturated carbocycles. The Morgan fingerprint density at radius 1 is 1.35 bits per heavy atom. The summed E-state index contributed by atoms with van der Waals surface area (Å²) in [5.74, 6) is 0.0486. The maximum atomic E-state index is 12.0. The molecular formula is C12H21NO3S. The maximum absolute atomic E-state index is 12.0. The van der Waals surface area contributed by atoms with E-state index in [1.165, 1.54) is 0 Å². The summed E-state index contributed by atoms with van der Waals surface area (Å²) in [6.07, 6.45) is 5.29. The number of hydrogen-bond donors (Lipinski definition) is 1. The van der Waals surface area contributed by atoms with Gasteiger partial charge in [0.2, 0.25) is 5.91 Å². The van der Waals surface area contributed by atoms with Crippen molar-refractivity contribution in [2.45, 2.75) is 32.1 Å². The largest absolute Gasteiger partial charge is 0.481 e. The van der Waals surface area contributed by atoms with Crippen LogP contribution < -0.4 is 0 Å². The first-order chi connectivity index (χ1) is 8.02. The van der Waals surface area contributed by atoms with E-state index in [2.05, 4.69) is 0 Å². The molecule has 1 amide bonds. The highest BCUT2D eigenvalue weighted by molar-refractivity contribution is 7.98. The molecule has 0 saturated heterocycles. The maximum Gasteiger partial charge on any atom is 0.310 e. The van der Waals surface area contributed by atoms with Crippen molar-refractivity contribution in [2.75, 3.05) is 25.6 Å². The summed E-state index contributed by atoms with van der Waals surface area (Å²) in [6.45, 7) is 0.690. The number of carbonyl (C=O) groups excluding carboxylic acids is 1. The van der Waals surface area contributed by atoms with Gasteiger partial charge >= 0.3 is 5.97 Å². The zero-order valence-electron chi connectivity index (χ0n) is 10.6. The lowest BCUT2D eigenvalue weighted by Crippen LogP contribution is -2.37. The van der Waals surface area contributed by atoms with E-state index in [9.17, 15) is 14.7 Å². The van der Waals surface area contributed by atoms with Crippen LogP contribution in [-0.4, -0.2) is 47.5 Å². The smallest absolute Gasteiger partial charge is 0.310 e. The summed E-state index contributed by atoms with van der Waals surface area (Å²) >= 11 is 1.69. The van der Waals surface area contributed by atoms with Crippen LogP contribution in [0.25, 0.3) is 0 Å². The van der Waals surface area contributed by atoms with Crippen molar-refractivity contribution in [1.82, 2.24) is 4.90 Å². The zero-order valence-corrected chi connectivity index (χ0v) is 11.4. The lowest BCUT2D eigenvalue weighted by atomic mass is 9.82. The van der Waals surface area contributed by atoms with Crippen LogP contribution in [0.4, 0.5) is 0 Å². The molecule has 1 aliphatic carbocycles. The van der Waals surface area contributed by atoms with Gasteiger partial charge in [-0.2, -0.15) is 11.8 Å². The molecule has 4 nitrogen and oxygen atoms in total. The number of carboxylic acid groups (broad SMARTS) is 1. The van der Waals surface area contributed by atoms with Crippen LogP contribution >= 0.6 is 11.8 Å². The summed E-state index contributed by atoms with van der Waals surface area (Å²) in [7, 11) is 1.75. The first kappa shape index (κ1) is 14.4. The number of thioether (sulfide) groups is 1. The Bertz CT molecular complexity index is 287. The molecule has 0 unspecified atom stereocenters. The normalized spacial score (nSPS) is 18.0. The zero-order chi connectivity index (χ0) is 12.9. The van der Waals surface area contributed by atoms with Crippen molar-refractivity contribution in [2.24, 2.45) is 5.41 Å². The van der Waals surface area contributed by atoms with E-state index >= 15 is 0 Å². The average molecular weight is 259 g/mol. The Hall–Kier alpha value is -0.710. The standard InChI is InChI=1S/C12H21NO3S/c1-13(7-8-17-2)10(14)9-12(11(15)16)5-3-4-6-12/h3-9H2,1-2H3,(H,15,16). The van der Waals surface area contributed by atoms with Crippen molar-refractivity contribution in [3.05, 3.63) is 0 Å². The highest BCUT2D eigenvalue weighted by Crippen LogP contribution is 2.41. The predicted molar refractivity (Wildman–Crippen MR) is 69.2 cm³/mol. The molecule has 0 spiro atoms. The van der Waals surface area contributed by atoms with Crippen LogP contribution in [0.1, 0.15) is 32.1 Å².